The summed E-state index contributed by atoms with van der Waals surface area (Å²) in [5.41, 5.74) is 0.668. The second kappa shape index (κ2) is 8.95. The number of hydrogen-bond acceptors (Lipinski definition) is 4. The summed E-state index contributed by atoms with van der Waals surface area (Å²) >= 11 is 1.40. The van der Waals surface area contributed by atoms with Crippen molar-refractivity contribution >= 4 is 28.8 Å². The second-order valence-corrected chi connectivity index (χ2v) is 5.76. The standard InChI is InChI=1S/C17H20N2O3S/c1-2-22-14-8-4-3-7-13(14)19-16(20)10-5-11-18-17(21)15-9-6-12-23-15/h3-4,6-9,12H,2,5,10-11H2,1H3,(H,18,21)(H,19,20). The topological polar surface area (TPSA) is 67.4 Å². The van der Waals surface area contributed by atoms with Crippen molar-refractivity contribution in [1.82, 2.24) is 5.32 Å². The van der Waals surface area contributed by atoms with E-state index in [4.69, 9.17) is 4.74 Å². The Morgan fingerprint density at radius 2 is 2.00 bits per heavy atom. The van der Waals surface area contributed by atoms with Gasteiger partial charge < -0.3 is 15.4 Å². The third-order valence-corrected chi connectivity index (χ3v) is 3.94. The lowest BCUT2D eigenvalue weighted by Crippen LogP contribution is -2.24. The maximum absolute atomic E-state index is 12.0. The highest BCUT2D eigenvalue weighted by molar-refractivity contribution is 7.12. The molecule has 0 fully saturated rings. The van der Waals surface area contributed by atoms with Gasteiger partial charge in [-0.25, -0.2) is 0 Å². The van der Waals surface area contributed by atoms with Gasteiger partial charge >= 0.3 is 0 Å². The van der Waals surface area contributed by atoms with Crippen LogP contribution < -0.4 is 15.4 Å². The van der Waals surface area contributed by atoms with Crippen molar-refractivity contribution in [3.05, 3.63) is 46.7 Å². The first-order valence-electron chi connectivity index (χ1n) is 7.54. The highest BCUT2D eigenvalue weighted by atomic mass is 32.1. The van der Waals surface area contributed by atoms with Crippen LogP contribution in [0.3, 0.4) is 0 Å². The summed E-state index contributed by atoms with van der Waals surface area (Å²) in [5, 5.41) is 7.50. The highest BCUT2D eigenvalue weighted by Crippen LogP contribution is 2.23. The predicted molar refractivity (Wildman–Crippen MR) is 92.1 cm³/mol. The van der Waals surface area contributed by atoms with Crippen LogP contribution in [-0.4, -0.2) is 25.0 Å². The van der Waals surface area contributed by atoms with Gasteiger partial charge in [0.05, 0.1) is 17.2 Å². The monoisotopic (exact) mass is 332 g/mol. The average molecular weight is 332 g/mol. The molecule has 2 rings (SSSR count). The van der Waals surface area contributed by atoms with Crippen molar-refractivity contribution in [3.8, 4) is 5.75 Å². The number of amides is 2. The first kappa shape index (κ1) is 17.0. The molecule has 0 saturated heterocycles. The van der Waals surface area contributed by atoms with Crippen molar-refractivity contribution < 1.29 is 14.3 Å². The van der Waals surface area contributed by atoms with Crippen LogP contribution in [0.15, 0.2) is 41.8 Å². The Hall–Kier alpha value is -2.34. The van der Waals surface area contributed by atoms with Gasteiger partial charge in [-0.2, -0.15) is 0 Å². The molecule has 0 radical (unpaired) electrons. The van der Waals surface area contributed by atoms with Gasteiger partial charge in [0.15, 0.2) is 0 Å². The van der Waals surface area contributed by atoms with Gasteiger partial charge in [0.2, 0.25) is 5.91 Å². The number of carbonyl (C=O) groups excluding carboxylic acids is 2. The number of rotatable bonds is 8. The van der Waals surface area contributed by atoms with Gasteiger partial charge in [-0.15, -0.1) is 11.3 Å². The van der Waals surface area contributed by atoms with Crippen LogP contribution in [0, 0.1) is 0 Å². The predicted octanol–water partition coefficient (Wildman–Crippen LogP) is 3.30. The molecule has 23 heavy (non-hydrogen) atoms. The van der Waals surface area contributed by atoms with Crippen molar-refractivity contribution in [2.45, 2.75) is 19.8 Å². The maximum atomic E-state index is 12.0. The van der Waals surface area contributed by atoms with E-state index in [-0.39, 0.29) is 11.8 Å². The fraction of sp³-hybridized carbons (Fsp3) is 0.294. The van der Waals surface area contributed by atoms with Crippen molar-refractivity contribution in [2.75, 3.05) is 18.5 Å². The van der Waals surface area contributed by atoms with Crippen LogP contribution in [0.5, 0.6) is 5.75 Å². The molecular weight excluding hydrogens is 312 g/mol. The van der Waals surface area contributed by atoms with Gasteiger partial charge in [0, 0.05) is 13.0 Å². The molecule has 122 valence electrons. The Kier molecular flexibility index (Phi) is 6.62. The molecule has 0 bridgehead atoms. The molecule has 0 saturated carbocycles. The summed E-state index contributed by atoms with van der Waals surface area (Å²) in [4.78, 5) is 24.4. The highest BCUT2D eigenvalue weighted by Gasteiger charge is 2.08. The van der Waals surface area contributed by atoms with Gasteiger partial charge in [-0.05, 0) is 36.9 Å². The summed E-state index contributed by atoms with van der Waals surface area (Å²) in [6, 6.07) is 10.9. The number of nitrogens with one attached hydrogen (secondary N) is 2. The smallest absolute Gasteiger partial charge is 0.261 e. The molecular formula is C17H20N2O3S. The molecule has 0 aliphatic rings. The molecule has 0 unspecified atom stereocenters. The average Bonchev–Trinajstić information content (AvgIpc) is 3.08. The molecule has 0 atom stereocenters. The maximum Gasteiger partial charge on any atom is 0.261 e. The Bertz CT molecular complexity index is 641. The van der Waals surface area contributed by atoms with E-state index in [9.17, 15) is 9.59 Å². The number of anilines is 1. The van der Waals surface area contributed by atoms with Gasteiger partial charge in [0.25, 0.3) is 5.91 Å². The minimum absolute atomic E-state index is 0.0949. The summed E-state index contributed by atoms with van der Waals surface area (Å²) in [6.07, 6.45) is 0.922. The Morgan fingerprint density at radius 1 is 1.17 bits per heavy atom. The summed E-state index contributed by atoms with van der Waals surface area (Å²) < 4.78 is 5.47. The zero-order chi connectivity index (χ0) is 16.5. The van der Waals surface area contributed by atoms with E-state index in [1.54, 1.807) is 6.07 Å². The lowest BCUT2D eigenvalue weighted by atomic mass is 10.2. The summed E-state index contributed by atoms with van der Waals surface area (Å²) in [7, 11) is 0. The Balaban J connectivity index is 1.72. The van der Waals surface area contributed by atoms with E-state index >= 15 is 0 Å². The molecule has 2 aromatic rings. The first-order valence-corrected chi connectivity index (χ1v) is 8.42. The van der Waals surface area contributed by atoms with E-state index in [0.29, 0.717) is 42.3 Å². The number of benzene rings is 1. The number of ether oxygens (including phenoxy) is 1. The van der Waals surface area contributed by atoms with Crippen LogP contribution >= 0.6 is 11.3 Å². The van der Waals surface area contributed by atoms with E-state index in [1.807, 2.05) is 42.6 Å². The SMILES string of the molecule is CCOc1ccccc1NC(=O)CCCNC(=O)c1cccs1. The minimum atomic E-state index is -0.0953. The lowest BCUT2D eigenvalue weighted by molar-refractivity contribution is -0.116. The molecule has 0 aliphatic heterocycles. The number of para-hydroxylation sites is 2. The fourth-order valence-corrected chi connectivity index (χ4v) is 2.65. The van der Waals surface area contributed by atoms with Crippen LogP contribution in [0.1, 0.15) is 29.4 Å². The molecule has 1 heterocycles. The van der Waals surface area contributed by atoms with Crippen molar-refractivity contribution in [1.29, 1.82) is 0 Å². The van der Waals surface area contributed by atoms with Gasteiger partial charge in [-0.3, -0.25) is 9.59 Å². The normalized spacial score (nSPS) is 10.1. The molecule has 5 nitrogen and oxygen atoms in total. The number of thiophene rings is 1. The third kappa shape index (κ3) is 5.41. The Morgan fingerprint density at radius 3 is 2.74 bits per heavy atom. The third-order valence-electron chi connectivity index (χ3n) is 3.07. The second-order valence-electron chi connectivity index (χ2n) is 4.81. The van der Waals surface area contributed by atoms with E-state index < -0.39 is 0 Å². The summed E-state index contributed by atoms with van der Waals surface area (Å²) in [5.74, 6) is 0.471. The molecule has 0 spiro atoms. The molecule has 1 aromatic carbocycles. The van der Waals surface area contributed by atoms with Crippen LogP contribution in [-0.2, 0) is 4.79 Å². The zero-order valence-electron chi connectivity index (χ0n) is 13.0. The zero-order valence-corrected chi connectivity index (χ0v) is 13.8. The van der Waals surface area contributed by atoms with Crippen LogP contribution in [0.4, 0.5) is 5.69 Å². The Labute approximate surface area is 139 Å². The van der Waals surface area contributed by atoms with E-state index in [1.165, 1.54) is 11.3 Å². The molecule has 2 N–H and O–H groups in total. The molecule has 6 heteroatoms. The van der Waals surface area contributed by atoms with Crippen LogP contribution in [0.2, 0.25) is 0 Å². The summed E-state index contributed by atoms with van der Waals surface area (Å²) in [6.45, 7) is 2.91. The molecule has 1 aromatic heterocycles. The van der Waals surface area contributed by atoms with Crippen LogP contribution in [0.25, 0.3) is 0 Å². The minimum Gasteiger partial charge on any atom is -0.492 e. The molecule has 0 aliphatic carbocycles. The van der Waals surface area contributed by atoms with Gasteiger partial charge in [-0.1, -0.05) is 18.2 Å². The largest absolute Gasteiger partial charge is 0.492 e. The van der Waals surface area contributed by atoms with E-state index in [2.05, 4.69) is 10.6 Å². The van der Waals surface area contributed by atoms with E-state index in [0.717, 1.165) is 0 Å². The first-order chi connectivity index (χ1) is 11.2. The number of hydrogen-bond donors (Lipinski definition) is 2. The number of carbonyl (C=O) groups is 2. The quantitative estimate of drug-likeness (QED) is 0.729. The van der Waals surface area contributed by atoms with Gasteiger partial charge in [0.1, 0.15) is 5.75 Å². The fourth-order valence-electron chi connectivity index (χ4n) is 2.01. The van der Waals surface area contributed by atoms with Crippen molar-refractivity contribution in [3.63, 3.8) is 0 Å². The van der Waals surface area contributed by atoms with Crippen molar-refractivity contribution in [2.24, 2.45) is 0 Å². The molecule has 2 amide bonds. The lowest BCUT2D eigenvalue weighted by Gasteiger charge is -2.11.